The number of benzene rings is 2. The number of carbonyl (C=O) groups is 3. The topological polar surface area (TPSA) is 106 Å². The van der Waals surface area contributed by atoms with E-state index in [9.17, 15) is 19.5 Å². The number of amides is 2. The maximum atomic E-state index is 14.7. The zero-order chi connectivity index (χ0) is 28.7. The lowest BCUT2D eigenvalue weighted by Gasteiger charge is -2.39. The molecule has 0 saturated carbocycles. The Balaban J connectivity index is 1.65. The summed E-state index contributed by atoms with van der Waals surface area (Å²) in [4.78, 5) is 45.5. The van der Waals surface area contributed by atoms with E-state index < -0.39 is 53.6 Å². The number of fused-ring (bicyclic) bond motifs is 1. The average Bonchev–Trinajstić information content (AvgIpc) is 3.53. The minimum atomic E-state index is -1.26. The van der Waals surface area contributed by atoms with Crippen LogP contribution in [0.25, 0.3) is 0 Å². The number of hydrogen-bond donors (Lipinski definition) is 1. The molecule has 2 aromatic carbocycles. The number of nitrogens with zero attached hydrogens (tertiary/aromatic N) is 2. The number of likely N-dealkylation sites (tertiary alicyclic amines) is 1. The third kappa shape index (κ3) is 4.19. The summed E-state index contributed by atoms with van der Waals surface area (Å²) in [5.74, 6) is -2.41. The maximum Gasteiger partial charge on any atom is 0.312 e. The number of hydrogen-bond acceptors (Lipinski definition) is 7. The first-order valence-corrected chi connectivity index (χ1v) is 13.7. The predicted molar refractivity (Wildman–Crippen MR) is 148 cm³/mol. The Hall–Kier alpha value is -3.69. The molecule has 3 aliphatic rings. The van der Waals surface area contributed by atoms with Gasteiger partial charge in [0.25, 0.3) is 5.91 Å². The molecule has 0 radical (unpaired) electrons. The van der Waals surface area contributed by atoms with Gasteiger partial charge in [-0.3, -0.25) is 14.4 Å². The Kier molecular flexibility index (Phi) is 7.46. The second-order valence-corrected chi connectivity index (χ2v) is 10.8. The SMILES string of the molecule is C=CCN(C(=O)C1N([C@H](CO)c2ccccc2)C(=O)[C@@H]2[C@@H](C(=O)OCC)[C@@]3(C)CCC12O3)c1ccc(OC)cc1. The molecule has 0 aliphatic carbocycles. The number of anilines is 1. The van der Waals surface area contributed by atoms with E-state index in [1.807, 2.05) is 37.3 Å². The molecule has 2 amide bonds. The van der Waals surface area contributed by atoms with E-state index in [-0.39, 0.29) is 19.1 Å². The molecule has 212 valence electrons. The highest BCUT2D eigenvalue weighted by Crippen LogP contribution is 2.64. The van der Waals surface area contributed by atoms with Gasteiger partial charge >= 0.3 is 5.97 Å². The largest absolute Gasteiger partial charge is 0.497 e. The third-order valence-electron chi connectivity index (χ3n) is 8.64. The standard InChI is InChI=1S/C31H36N2O7/c1-5-18-32(21-12-14-22(38-4)15-13-21)28(36)26-31-17-16-30(3,40-31)25(29(37)39-6-2)24(31)27(35)33(26)23(19-34)20-10-8-7-9-11-20/h5,7-15,23-26,34H,1,6,16-19H2,2-4H3/t23-,24+,25+,26?,30-,31?/m1/s1. The van der Waals surface area contributed by atoms with E-state index in [1.54, 1.807) is 49.3 Å². The normalized spacial score (nSPS) is 29.1. The van der Waals surface area contributed by atoms with E-state index in [0.29, 0.717) is 29.8 Å². The average molecular weight is 549 g/mol. The molecule has 2 bridgehead atoms. The van der Waals surface area contributed by atoms with Crippen molar-refractivity contribution >= 4 is 23.5 Å². The van der Waals surface area contributed by atoms with Crippen molar-refractivity contribution in [2.45, 2.75) is 50.0 Å². The van der Waals surface area contributed by atoms with E-state index in [1.165, 1.54) is 4.90 Å². The number of aliphatic hydroxyl groups is 1. The van der Waals surface area contributed by atoms with Crippen LogP contribution in [0.2, 0.25) is 0 Å². The van der Waals surface area contributed by atoms with Crippen molar-refractivity contribution in [3.63, 3.8) is 0 Å². The highest BCUT2D eigenvalue weighted by atomic mass is 16.6. The molecule has 3 fully saturated rings. The molecule has 9 heteroatoms. The Morgan fingerprint density at radius 1 is 1.20 bits per heavy atom. The van der Waals surface area contributed by atoms with Crippen molar-refractivity contribution in [2.75, 3.05) is 31.8 Å². The predicted octanol–water partition coefficient (Wildman–Crippen LogP) is 3.28. The fourth-order valence-electron chi connectivity index (χ4n) is 6.96. The molecule has 9 nitrogen and oxygen atoms in total. The van der Waals surface area contributed by atoms with Gasteiger partial charge in [-0.1, -0.05) is 36.4 Å². The van der Waals surface area contributed by atoms with Gasteiger partial charge in [0, 0.05) is 12.2 Å². The summed E-state index contributed by atoms with van der Waals surface area (Å²) < 4.78 is 17.4. The molecule has 2 unspecified atom stereocenters. The highest BCUT2D eigenvalue weighted by Gasteiger charge is 2.79. The lowest BCUT2D eigenvalue weighted by molar-refractivity contribution is -0.160. The molecule has 2 aromatic rings. The van der Waals surface area contributed by atoms with Gasteiger partial charge in [-0.05, 0) is 56.5 Å². The van der Waals surface area contributed by atoms with Gasteiger partial charge in [-0.25, -0.2) is 0 Å². The summed E-state index contributed by atoms with van der Waals surface area (Å²) in [6, 6.07) is 14.3. The van der Waals surface area contributed by atoms with E-state index >= 15 is 0 Å². The van der Waals surface area contributed by atoms with Gasteiger partial charge in [-0.15, -0.1) is 6.58 Å². The zero-order valence-corrected chi connectivity index (χ0v) is 23.1. The molecule has 1 N–H and O–H groups in total. The van der Waals surface area contributed by atoms with Crippen molar-refractivity contribution in [1.82, 2.24) is 4.90 Å². The molecule has 1 spiro atoms. The van der Waals surface area contributed by atoms with Crippen LogP contribution in [0.1, 0.15) is 38.3 Å². The molecule has 3 aliphatic heterocycles. The minimum absolute atomic E-state index is 0.166. The van der Waals surface area contributed by atoms with Gasteiger partial charge < -0.3 is 29.1 Å². The van der Waals surface area contributed by atoms with Crippen LogP contribution in [0.15, 0.2) is 67.3 Å². The Morgan fingerprint density at radius 3 is 2.50 bits per heavy atom. The smallest absolute Gasteiger partial charge is 0.312 e. The summed E-state index contributed by atoms with van der Waals surface area (Å²) in [5, 5.41) is 10.6. The third-order valence-corrected chi connectivity index (χ3v) is 8.64. The number of rotatable bonds is 10. The Morgan fingerprint density at radius 2 is 1.90 bits per heavy atom. The number of methoxy groups -OCH3 is 1. The second kappa shape index (κ2) is 10.7. The van der Waals surface area contributed by atoms with E-state index in [2.05, 4.69) is 6.58 Å². The lowest BCUT2D eigenvalue weighted by Crippen LogP contribution is -2.57. The van der Waals surface area contributed by atoms with Crippen molar-refractivity contribution in [1.29, 1.82) is 0 Å². The highest BCUT2D eigenvalue weighted by molar-refractivity contribution is 6.05. The van der Waals surface area contributed by atoms with Gasteiger partial charge in [0.15, 0.2) is 0 Å². The summed E-state index contributed by atoms with van der Waals surface area (Å²) in [6.07, 6.45) is 2.53. The van der Waals surface area contributed by atoms with E-state index in [0.717, 1.165) is 0 Å². The van der Waals surface area contributed by atoms with Gasteiger partial charge in [0.2, 0.25) is 5.91 Å². The molecular formula is C31H36N2O7. The fraction of sp³-hybridized carbons (Fsp3) is 0.452. The molecule has 3 heterocycles. The van der Waals surface area contributed by atoms with Gasteiger partial charge in [0.1, 0.15) is 23.3 Å². The van der Waals surface area contributed by atoms with Crippen molar-refractivity contribution in [3.8, 4) is 5.75 Å². The van der Waals surface area contributed by atoms with Crippen LogP contribution in [0, 0.1) is 11.8 Å². The Labute approximate surface area is 234 Å². The number of aliphatic hydroxyl groups excluding tert-OH is 1. The van der Waals surface area contributed by atoms with Crippen molar-refractivity contribution in [3.05, 3.63) is 72.8 Å². The molecular weight excluding hydrogens is 512 g/mol. The summed E-state index contributed by atoms with van der Waals surface area (Å²) in [5.41, 5.74) is -0.921. The fourth-order valence-corrected chi connectivity index (χ4v) is 6.96. The van der Waals surface area contributed by atoms with Crippen molar-refractivity contribution < 1.29 is 33.7 Å². The summed E-state index contributed by atoms with van der Waals surface area (Å²) in [7, 11) is 1.57. The van der Waals surface area contributed by atoms with Crippen LogP contribution in [0.4, 0.5) is 5.69 Å². The Bertz CT molecular complexity index is 1280. The van der Waals surface area contributed by atoms with Crippen LogP contribution in [-0.2, 0) is 23.9 Å². The zero-order valence-electron chi connectivity index (χ0n) is 23.1. The van der Waals surface area contributed by atoms with Crippen LogP contribution in [0.3, 0.4) is 0 Å². The molecule has 5 rings (SSSR count). The van der Waals surface area contributed by atoms with Crippen LogP contribution < -0.4 is 9.64 Å². The summed E-state index contributed by atoms with van der Waals surface area (Å²) >= 11 is 0. The van der Waals surface area contributed by atoms with Gasteiger partial charge in [0.05, 0.1) is 37.9 Å². The van der Waals surface area contributed by atoms with Crippen LogP contribution >= 0.6 is 0 Å². The first kappa shape index (κ1) is 27.9. The second-order valence-electron chi connectivity index (χ2n) is 10.8. The molecule has 3 saturated heterocycles. The number of ether oxygens (including phenoxy) is 3. The molecule has 6 atom stereocenters. The summed E-state index contributed by atoms with van der Waals surface area (Å²) in [6.45, 7) is 7.33. The van der Waals surface area contributed by atoms with Crippen LogP contribution in [0.5, 0.6) is 5.75 Å². The van der Waals surface area contributed by atoms with Crippen molar-refractivity contribution in [2.24, 2.45) is 11.8 Å². The first-order valence-electron chi connectivity index (χ1n) is 13.7. The number of esters is 1. The monoisotopic (exact) mass is 548 g/mol. The van der Waals surface area contributed by atoms with Crippen LogP contribution in [-0.4, -0.2) is 71.9 Å². The maximum absolute atomic E-state index is 14.7. The minimum Gasteiger partial charge on any atom is -0.497 e. The van der Waals surface area contributed by atoms with E-state index in [4.69, 9.17) is 14.2 Å². The van der Waals surface area contributed by atoms with Gasteiger partial charge in [-0.2, -0.15) is 0 Å². The lowest BCUT2D eigenvalue weighted by atomic mass is 9.66. The molecule has 40 heavy (non-hydrogen) atoms. The first-order chi connectivity index (χ1) is 19.3. The number of carbonyl (C=O) groups excluding carboxylic acids is 3. The quantitative estimate of drug-likeness (QED) is 0.359. The molecule has 0 aromatic heterocycles.